The van der Waals surface area contributed by atoms with E-state index in [0.717, 1.165) is 5.02 Å². The zero-order valence-electron chi connectivity index (χ0n) is 11.5. The van der Waals surface area contributed by atoms with Crippen molar-refractivity contribution in [1.82, 2.24) is 5.32 Å². The second-order valence-electron chi connectivity index (χ2n) is 4.97. The van der Waals surface area contributed by atoms with E-state index in [1.165, 1.54) is 26.8 Å². The van der Waals surface area contributed by atoms with E-state index in [1.807, 2.05) is 19.2 Å². The number of aryl methyl sites for hydroxylation is 1. The molecule has 1 N–H and O–H groups in total. The van der Waals surface area contributed by atoms with Crippen LogP contribution < -0.4 is 5.32 Å². The minimum atomic E-state index is 0.162. The molecule has 0 saturated heterocycles. The van der Waals surface area contributed by atoms with Gasteiger partial charge in [0.15, 0.2) is 0 Å². The van der Waals surface area contributed by atoms with Crippen LogP contribution in [-0.2, 0) is 0 Å². The Morgan fingerprint density at radius 3 is 2.75 bits per heavy atom. The number of benzene rings is 2. The van der Waals surface area contributed by atoms with Crippen LogP contribution in [0.15, 0.2) is 47.8 Å². The second-order valence-corrected chi connectivity index (χ2v) is 6.32. The fourth-order valence-corrected chi connectivity index (χ4v) is 3.92. The van der Waals surface area contributed by atoms with Gasteiger partial charge in [-0.15, -0.1) is 11.3 Å². The van der Waals surface area contributed by atoms with Gasteiger partial charge in [-0.25, -0.2) is 0 Å². The summed E-state index contributed by atoms with van der Waals surface area (Å²) in [6, 6.07) is 15.0. The summed E-state index contributed by atoms with van der Waals surface area (Å²) in [6.07, 6.45) is 0. The van der Waals surface area contributed by atoms with Gasteiger partial charge in [0.25, 0.3) is 0 Å². The molecule has 1 heterocycles. The van der Waals surface area contributed by atoms with E-state index in [9.17, 15) is 0 Å². The quantitative estimate of drug-likeness (QED) is 0.703. The Balaban J connectivity index is 2.16. The maximum Gasteiger partial charge on any atom is 0.0589 e. The van der Waals surface area contributed by atoms with Gasteiger partial charge in [0.05, 0.1) is 6.04 Å². The number of fused-ring (bicyclic) bond motifs is 1. The first-order chi connectivity index (χ1) is 9.69. The van der Waals surface area contributed by atoms with Crippen LogP contribution in [0.5, 0.6) is 0 Å². The fourth-order valence-electron chi connectivity index (χ4n) is 2.68. The molecule has 1 aromatic heterocycles. The maximum absolute atomic E-state index is 6.21. The van der Waals surface area contributed by atoms with Crippen molar-refractivity contribution in [1.29, 1.82) is 0 Å². The molecule has 0 amide bonds. The summed E-state index contributed by atoms with van der Waals surface area (Å²) >= 11 is 8.00. The zero-order valence-corrected chi connectivity index (χ0v) is 13.1. The molecule has 0 saturated carbocycles. The monoisotopic (exact) mass is 301 g/mol. The van der Waals surface area contributed by atoms with Crippen molar-refractivity contribution in [2.75, 3.05) is 7.05 Å². The third kappa shape index (κ3) is 2.47. The predicted octanol–water partition coefficient (Wildman–Crippen LogP) is 5.17. The lowest BCUT2D eigenvalue weighted by molar-refractivity contribution is 0.697. The van der Waals surface area contributed by atoms with Gasteiger partial charge in [-0.1, -0.05) is 35.9 Å². The Labute approximate surface area is 128 Å². The Kier molecular flexibility index (Phi) is 3.79. The van der Waals surface area contributed by atoms with E-state index in [4.69, 9.17) is 11.6 Å². The van der Waals surface area contributed by atoms with Crippen LogP contribution in [0.4, 0.5) is 0 Å². The molecule has 3 rings (SSSR count). The van der Waals surface area contributed by atoms with Gasteiger partial charge in [0.1, 0.15) is 0 Å². The van der Waals surface area contributed by atoms with Crippen LogP contribution in [0.1, 0.15) is 22.7 Å². The van der Waals surface area contributed by atoms with Crippen molar-refractivity contribution in [2.45, 2.75) is 13.0 Å². The van der Waals surface area contributed by atoms with E-state index >= 15 is 0 Å². The minimum Gasteiger partial charge on any atom is -0.309 e. The summed E-state index contributed by atoms with van der Waals surface area (Å²) in [5.41, 5.74) is 3.70. The van der Waals surface area contributed by atoms with Gasteiger partial charge in [-0.05, 0) is 59.6 Å². The molecule has 1 unspecified atom stereocenters. The first-order valence-electron chi connectivity index (χ1n) is 6.59. The van der Waals surface area contributed by atoms with Crippen molar-refractivity contribution in [2.24, 2.45) is 0 Å². The number of thiophene rings is 1. The topological polar surface area (TPSA) is 12.0 Å². The molecule has 3 heteroatoms. The normalized spacial score (nSPS) is 12.8. The lowest BCUT2D eigenvalue weighted by Crippen LogP contribution is -2.17. The van der Waals surface area contributed by atoms with Crippen molar-refractivity contribution in [3.05, 3.63) is 69.6 Å². The average Bonchev–Trinajstić information content (AvgIpc) is 2.87. The lowest BCUT2D eigenvalue weighted by Gasteiger charge is -2.19. The summed E-state index contributed by atoms with van der Waals surface area (Å²) in [7, 11) is 1.99. The summed E-state index contributed by atoms with van der Waals surface area (Å²) in [5, 5.41) is 7.65. The van der Waals surface area contributed by atoms with E-state index in [2.05, 4.69) is 48.0 Å². The van der Waals surface area contributed by atoms with Gasteiger partial charge < -0.3 is 5.32 Å². The molecule has 0 aliphatic heterocycles. The molecule has 0 radical (unpaired) electrons. The van der Waals surface area contributed by atoms with Crippen LogP contribution in [0.3, 0.4) is 0 Å². The minimum absolute atomic E-state index is 0.162. The summed E-state index contributed by atoms with van der Waals surface area (Å²) in [5.74, 6) is 0. The summed E-state index contributed by atoms with van der Waals surface area (Å²) in [4.78, 5) is 0. The molecule has 3 aromatic rings. The van der Waals surface area contributed by atoms with Gasteiger partial charge in [0, 0.05) is 9.72 Å². The second kappa shape index (κ2) is 5.57. The molecule has 2 aromatic carbocycles. The zero-order chi connectivity index (χ0) is 14.1. The van der Waals surface area contributed by atoms with Crippen LogP contribution in [0.2, 0.25) is 5.02 Å². The molecular formula is C17H16ClNS. The van der Waals surface area contributed by atoms with Crippen molar-refractivity contribution >= 4 is 33.0 Å². The molecule has 1 atom stereocenters. The number of halogens is 1. The average molecular weight is 302 g/mol. The molecular weight excluding hydrogens is 286 g/mol. The third-order valence-corrected chi connectivity index (χ3v) is 4.70. The highest BCUT2D eigenvalue weighted by atomic mass is 35.5. The largest absolute Gasteiger partial charge is 0.309 e. The van der Waals surface area contributed by atoms with Crippen molar-refractivity contribution < 1.29 is 0 Å². The fraction of sp³-hybridized carbons (Fsp3) is 0.176. The van der Waals surface area contributed by atoms with E-state index in [-0.39, 0.29) is 6.04 Å². The molecule has 0 fully saturated rings. The molecule has 20 heavy (non-hydrogen) atoms. The van der Waals surface area contributed by atoms with Gasteiger partial charge >= 0.3 is 0 Å². The summed E-state index contributed by atoms with van der Waals surface area (Å²) < 4.78 is 1.34. The predicted molar refractivity (Wildman–Crippen MR) is 88.9 cm³/mol. The van der Waals surface area contributed by atoms with Gasteiger partial charge in [0.2, 0.25) is 0 Å². The number of rotatable bonds is 3. The van der Waals surface area contributed by atoms with Crippen LogP contribution in [0, 0.1) is 6.92 Å². The molecule has 1 nitrogen and oxygen atoms in total. The molecule has 0 spiro atoms. The summed E-state index contributed by atoms with van der Waals surface area (Å²) in [6.45, 7) is 2.08. The highest BCUT2D eigenvalue weighted by molar-refractivity contribution is 7.17. The SMILES string of the molecule is CNC(c1cc(C)cc(Cl)c1)c1cccc2ccsc12. The van der Waals surface area contributed by atoms with Crippen LogP contribution in [0.25, 0.3) is 10.1 Å². The number of nitrogens with one attached hydrogen (secondary N) is 1. The Hall–Kier alpha value is -1.35. The first-order valence-corrected chi connectivity index (χ1v) is 7.85. The van der Waals surface area contributed by atoms with E-state index in [1.54, 1.807) is 11.3 Å². The highest BCUT2D eigenvalue weighted by Gasteiger charge is 2.16. The Morgan fingerprint density at radius 2 is 2.00 bits per heavy atom. The number of hydrogen-bond acceptors (Lipinski definition) is 2. The van der Waals surface area contributed by atoms with E-state index in [0.29, 0.717) is 0 Å². The van der Waals surface area contributed by atoms with Gasteiger partial charge in [-0.2, -0.15) is 0 Å². The van der Waals surface area contributed by atoms with Crippen molar-refractivity contribution in [3.63, 3.8) is 0 Å². The standard InChI is InChI=1S/C17H16ClNS/c1-11-8-13(10-14(18)9-11)16(19-2)15-5-3-4-12-6-7-20-17(12)15/h3-10,16,19H,1-2H3. The Morgan fingerprint density at radius 1 is 1.15 bits per heavy atom. The molecule has 0 bridgehead atoms. The highest BCUT2D eigenvalue weighted by Crippen LogP contribution is 2.33. The maximum atomic E-state index is 6.21. The molecule has 0 aliphatic rings. The van der Waals surface area contributed by atoms with Gasteiger partial charge in [-0.3, -0.25) is 0 Å². The smallest absolute Gasteiger partial charge is 0.0589 e. The lowest BCUT2D eigenvalue weighted by atomic mass is 9.96. The first kappa shape index (κ1) is 13.6. The molecule has 102 valence electrons. The van der Waals surface area contributed by atoms with E-state index < -0.39 is 0 Å². The Bertz CT molecular complexity index is 727. The third-order valence-electron chi connectivity index (χ3n) is 3.51. The van der Waals surface area contributed by atoms with Crippen LogP contribution in [-0.4, -0.2) is 7.05 Å². The van der Waals surface area contributed by atoms with Crippen molar-refractivity contribution in [3.8, 4) is 0 Å². The molecule has 0 aliphatic carbocycles. The number of hydrogen-bond donors (Lipinski definition) is 1. The van der Waals surface area contributed by atoms with Crippen LogP contribution >= 0.6 is 22.9 Å².